The van der Waals surface area contributed by atoms with Gasteiger partial charge in [0.05, 0.1) is 0 Å². The predicted molar refractivity (Wildman–Crippen MR) is 70.0 cm³/mol. The minimum atomic E-state index is -4.64. The molecule has 1 aliphatic heterocycles. The van der Waals surface area contributed by atoms with Gasteiger partial charge in [0.15, 0.2) is 10.9 Å². The predicted octanol–water partition coefficient (Wildman–Crippen LogP) is 0.0890. The molecule has 2 rings (SSSR count). The SMILES string of the molecule is CN1CCC(C(=O)NCc2cn(C)nc2C(F)(F)F)S1(=O)=O. The zero-order chi connectivity index (χ0) is 16.7. The maximum absolute atomic E-state index is 12.8. The molecular weight excluding hydrogens is 325 g/mol. The Morgan fingerprint density at radius 1 is 1.45 bits per heavy atom. The standard InChI is InChI=1S/C11H15F3N4O3S/c1-17-6-7(9(16-17)11(12,13)14)5-15-10(19)8-3-4-18(2)22(8,20)21/h6,8H,3-5H2,1-2H3,(H,15,19). The molecule has 0 aromatic carbocycles. The molecule has 0 aliphatic carbocycles. The molecule has 1 amide bonds. The van der Waals surface area contributed by atoms with Crippen LogP contribution in [0.4, 0.5) is 13.2 Å². The van der Waals surface area contributed by atoms with Crippen molar-refractivity contribution in [3.63, 3.8) is 0 Å². The van der Waals surface area contributed by atoms with Crippen molar-refractivity contribution in [2.45, 2.75) is 24.4 Å². The normalized spacial score (nSPS) is 22.0. The Morgan fingerprint density at radius 3 is 2.59 bits per heavy atom. The van der Waals surface area contributed by atoms with Gasteiger partial charge < -0.3 is 5.32 Å². The Labute approximate surface area is 125 Å². The van der Waals surface area contributed by atoms with E-state index in [4.69, 9.17) is 0 Å². The lowest BCUT2D eigenvalue weighted by molar-refractivity contribution is -0.142. The Bertz CT molecular complexity index is 683. The third-order valence-corrected chi connectivity index (χ3v) is 5.64. The van der Waals surface area contributed by atoms with Crippen LogP contribution in [0.5, 0.6) is 0 Å². The number of sulfonamides is 1. The van der Waals surface area contributed by atoms with Crippen LogP contribution in [0.25, 0.3) is 0 Å². The largest absolute Gasteiger partial charge is 0.435 e. The summed E-state index contributed by atoms with van der Waals surface area (Å²) >= 11 is 0. The minimum absolute atomic E-state index is 0.115. The first-order valence-corrected chi connectivity index (χ1v) is 7.86. The number of amides is 1. The first-order chi connectivity index (χ1) is 10.0. The van der Waals surface area contributed by atoms with Crippen molar-refractivity contribution in [3.05, 3.63) is 17.5 Å². The van der Waals surface area contributed by atoms with E-state index in [-0.39, 0.29) is 18.5 Å². The van der Waals surface area contributed by atoms with E-state index in [0.29, 0.717) is 0 Å². The molecule has 1 saturated heterocycles. The topological polar surface area (TPSA) is 84.3 Å². The molecule has 11 heteroatoms. The number of aromatic nitrogens is 2. The number of nitrogens with zero attached hydrogens (tertiary/aromatic N) is 3. The molecule has 1 atom stereocenters. The molecule has 22 heavy (non-hydrogen) atoms. The zero-order valence-electron chi connectivity index (χ0n) is 11.9. The maximum Gasteiger partial charge on any atom is 0.435 e. The number of aryl methyl sites for hydroxylation is 1. The van der Waals surface area contributed by atoms with Crippen molar-refractivity contribution in [2.75, 3.05) is 13.6 Å². The number of rotatable bonds is 3. The summed E-state index contributed by atoms with van der Waals surface area (Å²) in [7, 11) is -1.04. The van der Waals surface area contributed by atoms with E-state index in [9.17, 15) is 26.4 Å². The summed E-state index contributed by atoms with van der Waals surface area (Å²) in [5.41, 5.74) is -1.31. The van der Waals surface area contributed by atoms with Gasteiger partial charge in [0, 0.05) is 38.9 Å². The van der Waals surface area contributed by atoms with Crippen molar-refractivity contribution < 1.29 is 26.4 Å². The van der Waals surface area contributed by atoms with Gasteiger partial charge in [-0.1, -0.05) is 0 Å². The number of hydrogen-bond acceptors (Lipinski definition) is 4. The molecule has 0 radical (unpaired) electrons. The summed E-state index contributed by atoms with van der Waals surface area (Å²) in [6, 6.07) is 0. The van der Waals surface area contributed by atoms with Gasteiger partial charge in [0.1, 0.15) is 0 Å². The molecule has 0 bridgehead atoms. The number of nitrogens with one attached hydrogen (secondary N) is 1. The van der Waals surface area contributed by atoms with Crippen LogP contribution in [-0.4, -0.2) is 47.3 Å². The lowest BCUT2D eigenvalue weighted by Crippen LogP contribution is -2.39. The minimum Gasteiger partial charge on any atom is -0.351 e. The summed E-state index contributed by atoms with van der Waals surface area (Å²) in [4.78, 5) is 11.9. The number of carbonyl (C=O) groups excluding carboxylic acids is 1. The van der Waals surface area contributed by atoms with Crippen molar-refractivity contribution in [1.82, 2.24) is 19.4 Å². The van der Waals surface area contributed by atoms with Crippen molar-refractivity contribution in [2.24, 2.45) is 7.05 Å². The number of hydrogen-bond donors (Lipinski definition) is 1. The van der Waals surface area contributed by atoms with Gasteiger partial charge in [-0.3, -0.25) is 9.48 Å². The molecule has 1 aliphatic rings. The molecular formula is C11H15F3N4O3S. The van der Waals surface area contributed by atoms with Crippen LogP contribution in [0.1, 0.15) is 17.7 Å². The smallest absolute Gasteiger partial charge is 0.351 e. The maximum atomic E-state index is 12.8. The number of carbonyl (C=O) groups is 1. The van der Waals surface area contributed by atoms with Crippen LogP contribution >= 0.6 is 0 Å². The fraction of sp³-hybridized carbons (Fsp3) is 0.636. The van der Waals surface area contributed by atoms with Crippen LogP contribution in [0.15, 0.2) is 6.20 Å². The highest BCUT2D eigenvalue weighted by atomic mass is 32.2. The molecule has 7 nitrogen and oxygen atoms in total. The molecule has 1 N–H and O–H groups in total. The average Bonchev–Trinajstić information content (AvgIpc) is 2.88. The summed E-state index contributed by atoms with van der Waals surface area (Å²) < 4.78 is 64.0. The summed E-state index contributed by atoms with van der Waals surface area (Å²) in [6.45, 7) is -0.224. The van der Waals surface area contributed by atoms with E-state index < -0.39 is 39.6 Å². The van der Waals surface area contributed by atoms with Crippen LogP contribution < -0.4 is 5.32 Å². The highest BCUT2D eigenvalue weighted by molar-refractivity contribution is 7.90. The molecule has 124 valence electrons. The van der Waals surface area contributed by atoms with Gasteiger partial charge in [-0.15, -0.1) is 0 Å². The highest BCUT2D eigenvalue weighted by Crippen LogP contribution is 2.30. The summed E-state index contributed by atoms with van der Waals surface area (Å²) in [6.07, 6.45) is -3.39. The van der Waals surface area contributed by atoms with E-state index in [1.165, 1.54) is 14.1 Å². The quantitative estimate of drug-likeness (QED) is 0.845. The zero-order valence-corrected chi connectivity index (χ0v) is 12.7. The molecule has 1 fully saturated rings. The summed E-state index contributed by atoms with van der Waals surface area (Å²) in [5, 5.41) is 4.30. The van der Waals surface area contributed by atoms with E-state index in [1.54, 1.807) is 0 Å². The van der Waals surface area contributed by atoms with Gasteiger partial charge in [-0.05, 0) is 6.42 Å². The van der Waals surface area contributed by atoms with Gasteiger partial charge in [-0.25, -0.2) is 12.7 Å². The van der Waals surface area contributed by atoms with Gasteiger partial charge >= 0.3 is 6.18 Å². The monoisotopic (exact) mass is 340 g/mol. The van der Waals surface area contributed by atoms with E-state index in [1.807, 2.05) is 0 Å². The second kappa shape index (κ2) is 5.54. The molecule has 0 spiro atoms. The lowest BCUT2D eigenvalue weighted by Gasteiger charge is -2.12. The molecule has 1 aromatic heterocycles. The molecule has 2 heterocycles. The van der Waals surface area contributed by atoms with Crippen LogP contribution in [-0.2, 0) is 34.6 Å². The Morgan fingerprint density at radius 2 is 2.09 bits per heavy atom. The van der Waals surface area contributed by atoms with Crippen LogP contribution in [0.2, 0.25) is 0 Å². The number of halogens is 3. The van der Waals surface area contributed by atoms with E-state index in [0.717, 1.165) is 15.2 Å². The fourth-order valence-corrected chi connectivity index (χ4v) is 3.81. The van der Waals surface area contributed by atoms with Crippen molar-refractivity contribution in [1.29, 1.82) is 0 Å². The third kappa shape index (κ3) is 3.09. The van der Waals surface area contributed by atoms with E-state index in [2.05, 4.69) is 10.4 Å². The fourth-order valence-electron chi connectivity index (χ4n) is 2.26. The molecule has 0 saturated carbocycles. The van der Waals surface area contributed by atoms with Crippen LogP contribution in [0.3, 0.4) is 0 Å². The van der Waals surface area contributed by atoms with Gasteiger partial charge in [0.2, 0.25) is 15.9 Å². The molecule has 1 unspecified atom stereocenters. The third-order valence-electron chi connectivity index (χ3n) is 3.42. The summed E-state index contributed by atoms with van der Waals surface area (Å²) in [5.74, 6) is -0.804. The second-order valence-corrected chi connectivity index (χ2v) is 7.26. The molecule has 1 aromatic rings. The average molecular weight is 340 g/mol. The highest BCUT2D eigenvalue weighted by Gasteiger charge is 2.42. The number of alkyl halides is 3. The van der Waals surface area contributed by atoms with Gasteiger partial charge in [-0.2, -0.15) is 18.3 Å². The Kier molecular flexibility index (Phi) is 4.22. The lowest BCUT2D eigenvalue weighted by atomic mass is 10.2. The van der Waals surface area contributed by atoms with Gasteiger partial charge in [0.25, 0.3) is 0 Å². The Balaban J connectivity index is 2.10. The van der Waals surface area contributed by atoms with E-state index >= 15 is 0 Å². The Hall–Kier alpha value is -1.62. The second-order valence-electron chi connectivity index (χ2n) is 5.04. The first kappa shape index (κ1) is 16.7. The van der Waals surface area contributed by atoms with Crippen molar-refractivity contribution in [3.8, 4) is 0 Å². The van der Waals surface area contributed by atoms with Crippen LogP contribution in [0, 0.1) is 0 Å². The van der Waals surface area contributed by atoms with Crippen molar-refractivity contribution >= 4 is 15.9 Å². The first-order valence-electron chi connectivity index (χ1n) is 6.36.